The molecule has 0 aliphatic heterocycles. The Morgan fingerprint density at radius 2 is 2.25 bits per heavy atom. The molecule has 0 saturated carbocycles. The van der Waals surface area contributed by atoms with Crippen LogP contribution in [0.3, 0.4) is 0 Å². The molecule has 84 valence electrons. The van der Waals surface area contributed by atoms with E-state index < -0.39 is 0 Å². The van der Waals surface area contributed by atoms with Crippen LogP contribution in [0.1, 0.15) is 6.92 Å². The molecule has 0 radical (unpaired) electrons. The molecule has 0 aliphatic carbocycles. The van der Waals surface area contributed by atoms with Crippen molar-refractivity contribution in [3.8, 4) is 0 Å². The van der Waals surface area contributed by atoms with Crippen LogP contribution in [0.25, 0.3) is 10.9 Å². The second-order valence-electron chi connectivity index (χ2n) is 3.94. The average Bonchev–Trinajstić information content (AvgIpc) is 2.63. The van der Waals surface area contributed by atoms with E-state index in [-0.39, 0.29) is 11.8 Å². The maximum Gasteiger partial charge on any atom is 0.222 e. The van der Waals surface area contributed by atoms with Crippen LogP contribution in [0, 0.1) is 5.92 Å². The minimum absolute atomic E-state index is 0.186. The van der Waals surface area contributed by atoms with Crippen LogP contribution in [0.5, 0.6) is 0 Å². The number of hydrogen-bond acceptors (Lipinski definition) is 1. The first-order valence-corrected chi connectivity index (χ1v) is 5.50. The van der Waals surface area contributed by atoms with Gasteiger partial charge in [0.05, 0.1) is 5.92 Å². The SMILES string of the molecule is CC(Cn1ccc2c(Cl)cccc21)C(N)=O. The van der Waals surface area contributed by atoms with E-state index in [1.807, 2.05) is 42.0 Å². The monoisotopic (exact) mass is 236 g/mol. The number of nitrogens with zero attached hydrogens (tertiary/aromatic N) is 1. The number of fused-ring (bicyclic) bond motifs is 1. The fraction of sp³-hybridized carbons (Fsp3) is 0.250. The highest BCUT2D eigenvalue weighted by Gasteiger charge is 2.11. The molecule has 0 aliphatic rings. The van der Waals surface area contributed by atoms with Gasteiger partial charge in [-0.05, 0) is 18.2 Å². The predicted octanol–water partition coefficient (Wildman–Crippen LogP) is 2.42. The number of hydrogen-bond donors (Lipinski definition) is 1. The Bertz CT molecular complexity index is 533. The van der Waals surface area contributed by atoms with Gasteiger partial charge in [-0.15, -0.1) is 0 Å². The second kappa shape index (κ2) is 4.18. The van der Waals surface area contributed by atoms with Crippen LogP contribution in [-0.2, 0) is 11.3 Å². The largest absolute Gasteiger partial charge is 0.369 e. The lowest BCUT2D eigenvalue weighted by atomic mass is 10.1. The number of aromatic nitrogens is 1. The zero-order chi connectivity index (χ0) is 11.7. The number of carbonyl (C=O) groups excluding carboxylic acids is 1. The molecule has 0 fully saturated rings. The summed E-state index contributed by atoms with van der Waals surface area (Å²) in [4.78, 5) is 11.0. The number of halogens is 1. The molecule has 16 heavy (non-hydrogen) atoms. The molecular weight excluding hydrogens is 224 g/mol. The van der Waals surface area contributed by atoms with Gasteiger partial charge in [-0.25, -0.2) is 0 Å². The summed E-state index contributed by atoms with van der Waals surface area (Å²) in [5.41, 5.74) is 6.28. The van der Waals surface area contributed by atoms with Gasteiger partial charge in [-0.2, -0.15) is 0 Å². The summed E-state index contributed by atoms with van der Waals surface area (Å²) in [6.07, 6.45) is 1.93. The molecule has 1 heterocycles. The van der Waals surface area contributed by atoms with Crippen molar-refractivity contribution in [2.24, 2.45) is 11.7 Å². The van der Waals surface area contributed by atoms with Gasteiger partial charge in [0.15, 0.2) is 0 Å². The van der Waals surface area contributed by atoms with E-state index in [1.54, 1.807) is 0 Å². The molecule has 1 atom stereocenters. The van der Waals surface area contributed by atoms with E-state index in [0.29, 0.717) is 6.54 Å². The zero-order valence-corrected chi connectivity index (χ0v) is 9.74. The minimum atomic E-state index is -0.288. The average molecular weight is 237 g/mol. The normalized spacial score (nSPS) is 12.9. The third-order valence-corrected chi connectivity index (χ3v) is 3.05. The lowest BCUT2D eigenvalue weighted by Crippen LogP contribution is -2.24. The molecule has 1 aromatic carbocycles. The Hall–Kier alpha value is -1.48. The number of rotatable bonds is 3. The van der Waals surface area contributed by atoms with Gasteiger partial charge >= 0.3 is 0 Å². The molecule has 4 heteroatoms. The van der Waals surface area contributed by atoms with Crippen molar-refractivity contribution in [1.29, 1.82) is 0 Å². The Morgan fingerprint density at radius 1 is 1.50 bits per heavy atom. The van der Waals surface area contributed by atoms with Crippen molar-refractivity contribution in [1.82, 2.24) is 4.57 Å². The highest BCUT2D eigenvalue weighted by molar-refractivity contribution is 6.35. The first-order valence-electron chi connectivity index (χ1n) is 5.12. The van der Waals surface area contributed by atoms with Gasteiger partial charge in [0.2, 0.25) is 5.91 Å². The molecule has 2 rings (SSSR count). The third-order valence-electron chi connectivity index (χ3n) is 2.72. The number of nitrogens with two attached hydrogens (primary N) is 1. The van der Waals surface area contributed by atoms with E-state index in [0.717, 1.165) is 15.9 Å². The lowest BCUT2D eigenvalue weighted by molar-refractivity contribution is -0.121. The van der Waals surface area contributed by atoms with Gasteiger partial charge in [0, 0.05) is 28.7 Å². The Labute approximate surface area is 98.8 Å². The van der Waals surface area contributed by atoms with Gasteiger partial charge in [-0.1, -0.05) is 24.6 Å². The molecular formula is C12H13ClN2O. The quantitative estimate of drug-likeness (QED) is 0.874. The summed E-state index contributed by atoms with van der Waals surface area (Å²) < 4.78 is 2.00. The summed E-state index contributed by atoms with van der Waals surface area (Å²) >= 11 is 6.06. The van der Waals surface area contributed by atoms with Crippen molar-refractivity contribution in [2.45, 2.75) is 13.5 Å². The molecule has 2 aromatic rings. The number of carbonyl (C=O) groups is 1. The number of amides is 1. The fourth-order valence-electron chi connectivity index (χ4n) is 1.73. The summed E-state index contributed by atoms with van der Waals surface area (Å²) in [5.74, 6) is -0.474. The fourth-order valence-corrected chi connectivity index (χ4v) is 1.96. The van der Waals surface area contributed by atoms with E-state index in [9.17, 15) is 4.79 Å². The highest BCUT2D eigenvalue weighted by atomic mass is 35.5. The Balaban J connectivity index is 2.39. The van der Waals surface area contributed by atoms with Crippen molar-refractivity contribution in [3.63, 3.8) is 0 Å². The maximum absolute atomic E-state index is 11.0. The van der Waals surface area contributed by atoms with E-state index in [1.165, 1.54) is 0 Å². The summed E-state index contributed by atoms with van der Waals surface area (Å²) in [6.45, 7) is 2.40. The molecule has 2 N–H and O–H groups in total. The first-order chi connectivity index (χ1) is 7.59. The molecule has 0 spiro atoms. The van der Waals surface area contributed by atoms with Crippen LogP contribution >= 0.6 is 11.6 Å². The third kappa shape index (κ3) is 1.91. The highest BCUT2D eigenvalue weighted by Crippen LogP contribution is 2.24. The van der Waals surface area contributed by atoms with Crippen LogP contribution in [-0.4, -0.2) is 10.5 Å². The summed E-state index contributed by atoms with van der Waals surface area (Å²) in [7, 11) is 0. The smallest absolute Gasteiger partial charge is 0.222 e. The molecule has 3 nitrogen and oxygen atoms in total. The Morgan fingerprint density at radius 3 is 2.94 bits per heavy atom. The van der Waals surface area contributed by atoms with E-state index in [2.05, 4.69) is 0 Å². The van der Waals surface area contributed by atoms with Crippen molar-refractivity contribution >= 4 is 28.4 Å². The van der Waals surface area contributed by atoms with Crippen molar-refractivity contribution in [3.05, 3.63) is 35.5 Å². The molecule has 0 saturated heterocycles. The summed E-state index contributed by atoms with van der Waals surface area (Å²) in [5, 5.41) is 1.73. The second-order valence-corrected chi connectivity index (χ2v) is 4.35. The summed E-state index contributed by atoms with van der Waals surface area (Å²) in [6, 6.07) is 7.68. The van der Waals surface area contributed by atoms with E-state index >= 15 is 0 Å². The van der Waals surface area contributed by atoms with Crippen molar-refractivity contribution < 1.29 is 4.79 Å². The van der Waals surface area contributed by atoms with Crippen LogP contribution in [0.2, 0.25) is 5.02 Å². The van der Waals surface area contributed by atoms with Gasteiger partial charge in [0.1, 0.15) is 0 Å². The number of benzene rings is 1. The first kappa shape index (κ1) is 11.0. The molecule has 1 aromatic heterocycles. The molecule has 1 unspecified atom stereocenters. The van der Waals surface area contributed by atoms with Crippen LogP contribution in [0.4, 0.5) is 0 Å². The van der Waals surface area contributed by atoms with Gasteiger partial charge < -0.3 is 10.3 Å². The van der Waals surface area contributed by atoms with Gasteiger partial charge in [0.25, 0.3) is 0 Å². The topological polar surface area (TPSA) is 48.0 Å². The standard InChI is InChI=1S/C12H13ClN2O/c1-8(12(14)16)7-15-6-5-9-10(13)3-2-4-11(9)15/h2-6,8H,7H2,1H3,(H2,14,16). The van der Waals surface area contributed by atoms with Gasteiger partial charge in [-0.3, -0.25) is 4.79 Å². The Kier molecular flexibility index (Phi) is 2.88. The zero-order valence-electron chi connectivity index (χ0n) is 8.98. The van der Waals surface area contributed by atoms with Crippen LogP contribution < -0.4 is 5.73 Å². The predicted molar refractivity (Wildman–Crippen MR) is 65.3 cm³/mol. The van der Waals surface area contributed by atoms with Crippen molar-refractivity contribution in [2.75, 3.05) is 0 Å². The minimum Gasteiger partial charge on any atom is -0.369 e. The lowest BCUT2D eigenvalue weighted by Gasteiger charge is -2.09. The molecule has 0 bridgehead atoms. The van der Waals surface area contributed by atoms with E-state index in [4.69, 9.17) is 17.3 Å². The van der Waals surface area contributed by atoms with Crippen LogP contribution in [0.15, 0.2) is 30.5 Å². The number of primary amides is 1. The maximum atomic E-state index is 11.0. The molecule has 1 amide bonds.